The number of nitrogen functional groups attached to an aromatic ring is 1. The van der Waals surface area contributed by atoms with Crippen molar-refractivity contribution in [3.63, 3.8) is 0 Å². The van der Waals surface area contributed by atoms with Crippen molar-refractivity contribution in [1.82, 2.24) is 5.32 Å². The van der Waals surface area contributed by atoms with Gasteiger partial charge in [0.1, 0.15) is 0 Å². The lowest BCUT2D eigenvalue weighted by Gasteiger charge is -2.09. The average Bonchev–Trinajstić information content (AvgIpc) is 2.29. The summed E-state index contributed by atoms with van der Waals surface area (Å²) in [5.41, 5.74) is 6.15. The molecule has 1 rings (SSSR count). The summed E-state index contributed by atoms with van der Waals surface area (Å²) in [5.74, 6) is -0.277. The molecular formula is C12H18N2O3S. The van der Waals surface area contributed by atoms with E-state index in [9.17, 15) is 13.2 Å². The fourth-order valence-electron chi connectivity index (χ4n) is 1.59. The molecule has 0 radical (unpaired) electrons. The van der Waals surface area contributed by atoms with Crippen LogP contribution >= 0.6 is 0 Å². The van der Waals surface area contributed by atoms with Gasteiger partial charge in [0.2, 0.25) is 0 Å². The zero-order valence-electron chi connectivity index (χ0n) is 10.6. The number of nitrogens with one attached hydrogen (secondary N) is 1. The van der Waals surface area contributed by atoms with E-state index in [-0.39, 0.29) is 22.2 Å². The standard InChI is InChI=1S/C12H18N2O3S/c1-3-7-18(16,17)11-8-9(5-6-10(11)13)12(15)14-4-2/h5-6,8H,3-4,7,13H2,1-2H3,(H,14,15). The molecule has 0 spiro atoms. The summed E-state index contributed by atoms with van der Waals surface area (Å²) in [4.78, 5) is 11.7. The maximum Gasteiger partial charge on any atom is 0.251 e. The van der Waals surface area contributed by atoms with Gasteiger partial charge < -0.3 is 11.1 Å². The summed E-state index contributed by atoms with van der Waals surface area (Å²) in [6, 6.07) is 4.31. The largest absolute Gasteiger partial charge is 0.398 e. The zero-order valence-corrected chi connectivity index (χ0v) is 11.4. The Morgan fingerprint density at radius 1 is 1.33 bits per heavy atom. The van der Waals surface area contributed by atoms with Crippen LogP contribution in [0, 0.1) is 0 Å². The second-order valence-electron chi connectivity index (χ2n) is 3.93. The molecule has 0 aliphatic carbocycles. The number of nitrogens with two attached hydrogens (primary N) is 1. The molecule has 18 heavy (non-hydrogen) atoms. The summed E-state index contributed by atoms with van der Waals surface area (Å²) in [5, 5.41) is 2.62. The molecule has 1 amide bonds. The van der Waals surface area contributed by atoms with Gasteiger partial charge in [0.15, 0.2) is 9.84 Å². The normalized spacial score (nSPS) is 11.2. The van der Waals surface area contributed by atoms with Crippen LogP contribution in [0.15, 0.2) is 23.1 Å². The molecule has 0 atom stereocenters. The SMILES string of the molecule is CCCS(=O)(=O)c1cc(C(=O)NCC)ccc1N. The molecule has 3 N–H and O–H groups in total. The Bertz CT molecular complexity index is 538. The van der Waals surface area contributed by atoms with E-state index < -0.39 is 9.84 Å². The third-order valence-electron chi connectivity index (χ3n) is 2.42. The maximum absolute atomic E-state index is 12.0. The van der Waals surface area contributed by atoms with Gasteiger partial charge in [0, 0.05) is 12.1 Å². The van der Waals surface area contributed by atoms with Gasteiger partial charge in [-0.3, -0.25) is 4.79 Å². The number of carbonyl (C=O) groups excluding carboxylic acids is 1. The predicted octanol–water partition coefficient (Wildman–Crippen LogP) is 1.20. The molecule has 6 heteroatoms. The van der Waals surface area contributed by atoms with E-state index in [1.54, 1.807) is 13.8 Å². The van der Waals surface area contributed by atoms with Crippen molar-refractivity contribution in [2.24, 2.45) is 0 Å². The van der Waals surface area contributed by atoms with Gasteiger partial charge in [-0.1, -0.05) is 6.92 Å². The van der Waals surface area contributed by atoms with Crippen molar-refractivity contribution in [3.8, 4) is 0 Å². The molecule has 0 fully saturated rings. The van der Waals surface area contributed by atoms with Crippen LogP contribution in [0.2, 0.25) is 0 Å². The fraction of sp³-hybridized carbons (Fsp3) is 0.417. The highest BCUT2D eigenvalue weighted by molar-refractivity contribution is 7.91. The van der Waals surface area contributed by atoms with E-state index in [4.69, 9.17) is 5.73 Å². The molecule has 0 heterocycles. The highest BCUT2D eigenvalue weighted by atomic mass is 32.2. The van der Waals surface area contributed by atoms with Crippen molar-refractivity contribution in [2.75, 3.05) is 18.0 Å². The second kappa shape index (κ2) is 5.86. The van der Waals surface area contributed by atoms with Gasteiger partial charge >= 0.3 is 0 Å². The Hall–Kier alpha value is -1.56. The zero-order chi connectivity index (χ0) is 13.8. The summed E-state index contributed by atoms with van der Waals surface area (Å²) < 4.78 is 23.9. The van der Waals surface area contributed by atoms with Crippen LogP contribution in [0.5, 0.6) is 0 Å². The molecule has 0 bridgehead atoms. The molecule has 1 aromatic rings. The Morgan fingerprint density at radius 3 is 2.56 bits per heavy atom. The lowest BCUT2D eigenvalue weighted by molar-refractivity contribution is 0.0955. The molecule has 5 nitrogen and oxygen atoms in total. The van der Waals surface area contributed by atoms with Crippen LogP contribution in [-0.4, -0.2) is 26.6 Å². The van der Waals surface area contributed by atoms with Crippen LogP contribution in [0.3, 0.4) is 0 Å². The van der Waals surface area contributed by atoms with Crippen molar-refractivity contribution in [1.29, 1.82) is 0 Å². The van der Waals surface area contributed by atoms with Crippen LogP contribution < -0.4 is 11.1 Å². The quantitative estimate of drug-likeness (QED) is 0.787. The summed E-state index contributed by atoms with van der Waals surface area (Å²) in [6.45, 7) is 4.06. The van der Waals surface area contributed by atoms with Crippen molar-refractivity contribution in [3.05, 3.63) is 23.8 Å². The molecule has 100 valence electrons. The lowest BCUT2D eigenvalue weighted by Crippen LogP contribution is -2.23. The molecule has 0 unspecified atom stereocenters. The van der Waals surface area contributed by atoms with E-state index in [0.29, 0.717) is 18.5 Å². The number of anilines is 1. The Kier molecular flexibility index (Phi) is 4.72. The van der Waals surface area contributed by atoms with Gasteiger partial charge in [-0.05, 0) is 31.5 Å². The summed E-state index contributed by atoms with van der Waals surface area (Å²) >= 11 is 0. The first-order chi connectivity index (χ1) is 8.42. The van der Waals surface area contributed by atoms with Crippen LogP contribution in [0.4, 0.5) is 5.69 Å². The molecule has 0 saturated heterocycles. The number of carbonyl (C=O) groups is 1. The van der Waals surface area contributed by atoms with Gasteiger partial charge in [0.25, 0.3) is 5.91 Å². The number of benzene rings is 1. The third-order valence-corrected chi connectivity index (χ3v) is 4.39. The first kappa shape index (κ1) is 14.5. The Morgan fingerprint density at radius 2 is 2.00 bits per heavy atom. The molecule has 0 aromatic heterocycles. The highest BCUT2D eigenvalue weighted by Gasteiger charge is 2.18. The Balaban J connectivity index is 3.21. The predicted molar refractivity (Wildman–Crippen MR) is 71.2 cm³/mol. The molecule has 0 aliphatic heterocycles. The molecule has 1 aromatic carbocycles. The van der Waals surface area contributed by atoms with E-state index in [1.165, 1.54) is 18.2 Å². The highest BCUT2D eigenvalue weighted by Crippen LogP contribution is 2.21. The molecule has 0 aliphatic rings. The van der Waals surface area contributed by atoms with E-state index >= 15 is 0 Å². The Labute approximate surface area is 107 Å². The minimum atomic E-state index is -3.42. The first-order valence-electron chi connectivity index (χ1n) is 5.82. The minimum absolute atomic E-state index is 0.0239. The van der Waals surface area contributed by atoms with Crippen LogP contribution in [0.25, 0.3) is 0 Å². The topological polar surface area (TPSA) is 89.3 Å². The molecule has 0 saturated carbocycles. The average molecular weight is 270 g/mol. The second-order valence-corrected chi connectivity index (χ2v) is 6.01. The number of rotatable bonds is 5. The number of hydrogen-bond donors (Lipinski definition) is 2. The molecular weight excluding hydrogens is 252 g/mol. The smallest absolute Gasteiger partial charge is 0.251 e. The number of hydrogen-bond acceptors (Lipinski definition) is 4. The summed E-state index contributed by atoms with van der Waals surface area (Å²) in [7, 11) is -3.42. The lowest BCUT2D eigenvalue weighted by atomic mass is 10.2. The minimum Gasteiger partial charge on any atom is -0.398 e. The van der Waals surface area contributed by atoms with E-state index in [0.717, 1.165) is 0 Å². The van der Waals surface area contributed by atoms with E-state index in [1.807, 2.05) is 0 Å². The monoisotopic (exact) mass is 270 g/mol. The van der Waals surface area contributed by atoms with Crippen LogP contribution in [-0.2, 0) is 9.84 Å². The summed E-state index contributed by atoms with van der Waals surface area (Å²) in [6.07, 6.45) is 0.507. The third kappa shape index (κ3) is 3.22. The van der Waals surface area contributed by atoms with Crippen LogP contribution in [0.1, 0.15) is 30.6 Å². The maximum atomic E-state index is 12.0. The first-order valence-corrected chi connectivity index (χ1v) is 7.48. The fourth-order valence-corrected chi connectivity index (χ4v) is 3.08. The number of amides is 1. The van der Waals surface area contributed by atoms with Gasteiger partial charge in [-0.25, -0.2) is 8.42 Å². The van der Waals surface area contributed by atoms with Gasteiger partial charge in [0.05, 0.1) is 16.3 Å². The van der Waals surface area contributed by atoms with Crippen molar-refractivity contribution in [2.45, 2.75) is 25.2 Å². The van der Waals surface area contributed by atoms with Crippen molar-refractivity contribution >= 4 is 21.4 Å². The van der Waals surface area contributed by atoms with Gasteiger partial charge in [-0.2, -0.15) is 0 Å². The van der Waals surface area contributed by atoms with E-state index in [2.05, 4.69) is 5.32 Å². The van der Waals surface area contributed by atoms with Gasteiger partial charge in [-0.15, -0.1) is 0 Å². The number of sulfone groups is 1. The van der Waals surface area contributed by atoms with Crippen molar-refractivity contribution < 1.29 is 13.2 Å².